The lowest BCUT2D eigenvalue weighted by molar-refractivity contribution is -0.0975. The molecule has 0 aromatic carbocycles. The van der Waals surface area contributed by atoms with Crippen molar-refractivity contribution in [3.63, 3.8) is 0 Å². The Bertz CT molecular complexity index is 400. The van der Waals surface area contributed by atoms with Gasteiger partial charge in [0.1, 0.15) is 6.10 Å². The van der Waals surface area contributed by atoms with Crippen LogP contribution in [0.2, 0.25) is 5.54 Å². The molecule has 6 heteroatoms. The van der Waals surface area contributed by atoms with E-state index in [1.54, 1.807) is 14.2 Å². The maximum atomic E-state index is 6.67. The van der Waals surface area contributed by atoms with Gasteiger partial charge in [-0.2, -0.15) is 0 Å². The van der Waals surface area contributed by atoms with E-state index >= 15 is 0 Å². The summed E-state index contributed by atoms with van der Waals surface area (Å²) in [5.41, 5.74) is 0.336. The fourth-order valence-electron chi connectivity index (χ4n) is 4.03. The number of methoxy groups -OCH3 is 2. The average Bonchev–Trinajstić information content (AvgIpc) is 3.22. The Morgan fingerprint density at radius 3 is 1.92 bits per heavy atom. The quantitative estimate of drug-likeness (QED) is 0.418. The van der Waals surface area contributed by atoms with E-state index in [0.29, 0.717) is 30.6 Å². The molecule has 2 bridgehead atoms. The third-order valence-electron chi connectivity index (χ3n) is 5.39. The third kappa shape index (κ3) is 4.11. The number of rotatable bonds is 11. The SMILES string of the molecule is CCO[Si](OCC)(O[C@@H]([C@H](C)OC)[C@@H](C)OC)C1CC2C=CC1C2. The van der Waals surface area contributed by atoms with Gasteiger partial charge in [0.05, 0.1) is 12.2 Å². The van der Waals surface area contributed by atoms with E-state index in [0.717, 1.165) is 6.42 Å². The normalized spacial score (nSPS) is 29.8. The van der Waals surface area contributed by atoms with Crippen molar-refractivity contribution in [3.05, 3.63) is 12.2 Å². The van der Waals surface area contributed by atoms with Crippen molar-refractivity contribution in [2.45, 2.75) is 64.4 Å². The zero-order chi connectivity index (χ0) is 17.7. The first-order chi connectivity index (χ1) is 11.5. The molecule has 24 heavy (non-hydrogen) atoms. The van der Waals surface area contributed by atoms with Crippen LogP contribution in [-0.4, -0.2) is 54.5 Å². The van der Waals surface area contributed by atoms with Crippen molar-refractivity contribution in [2.24, 2.45) is 11.8 Å². The van der Waals surface area contributed by atoms with Crippen molar-refractivity contribution in [2.75, 3.05) is 27.4 Å². The Morgan fingerprint density at radius 2 is 1.54 bits per heavy atom. The van der Waals surface area contributed by atoms with Crippen LogP contribution in [0.15, 0.2) is 12.2 Å². The number of ether oxygens (including phenoxy) is 2. The summed E-state index contributed by atoms with van der Waals surface area (Å²) in [5, 5.41) is 0. The van der Waals surface area contributed by atoms with Gasteiger partial charge in [-0.1, -0.05) is 12.2 Å². The van der Waals surface area contributed by atoms with Crippen molar-refractivity contribution in [1.29, 1.82) is 0 Å². The number of fused-ring (bicyclic) bond motifs is 2. The number of hydrogen-bond donors (Lipinski definition) is 0. The summed E-state index contributed by atoms with van der Waals surface area (Å²) >= 11 is 0. The summed E-state index contributed by atoms with van der Waals surface area (Å²) in [6.45, 7) is 9.25. The van der Waals surface area contributed by atoms with E-state index in [1.807, 2.05) is 27.7 Å². The Labute approximate surface area is 148 Å². The highest BCUT2D eigenvalue weighted by Crippen LogP contribution is 2.52. The zero-order valence-electron chi connectivity index (χ0n) is 16.0. The molecular formula is C18H34O5Si. The summed E-state index contributed by atoms with van der Waals surface area (Å²) in [5.74, 6) is 1.16. The van der Waals surface area contributed by atoms with Gasteiger partial charge in [0, 0.05) is 33.0 Å². The van der Waals surface area contributed by atoms with Gasteiger partial charge < -0.3 is 22.8 Å². The topological polar surface area (TPSA) is 46.2 Å². The van der Waals surface area contributed by atoms with Crippen LogP contribution in [0.25, 0.3) is 0 Å². The van der Waals surface area contributed by atoms with E-state index < -0.39 is 8.80 Å². The molecule has 2 rings (SSSR count). The van der Waals surface area contributed by atoms with Crippen molar-refractivity contribution < 1.29 is 22.8 Å². The summed E-state index contributed by atoms with van der Waals surface area (Å²) in [4.78, 5) is 0. The van der Waals surface area contributed by atoms with Crippen molar-refractivity contribution in [1.82, 2.24) is 0 Å². The van der Waals surface area contributed by atoms with Gasteiger partial charge in [0.15, 0.2) is 0 Å². The first-order valence-electron chi connectivity index (χ1n) is 9.20. The number of hydrogen-bond acceptors (Lipinski definition) is 5. The fraction of sp³-hybridized carbons (Fsp3) is 0.889. The molecule has 0 N–H and O–H groups in total. The molecule has 0 amide bonds. The van der Waals surface area contributed by atoms with Gasteiger partial charge in [-0.05, 0) is 52.4 Å². The van der Waals surface area contributed by atoms with E-state index in [1.165, 1.54) is 6.42 Å². The Balaban J connectivity index is 2.28. The van der Waals surface area contributed by atoms with Gasteiger partial charge in [0.2, 0.25) is 0 Å². The van der Waals surface area contributed by atoms with Gasteiger partial charge in [0.25, 0.3) is 0 Å². The lowest BCUT2D eigenvalue weighted by atomic mass is 10.1. The van der Waals surface area contributed by atoms with Gasteiger partial charge in [-0.15, -0.1) is 0 Å². The molecule has 0 aromatic rings. The molecule has 0 spiro atoms. The minimum Gasteiger partial charge on any atom is -0.379 e. The molecule has 1 saturated carbocycles. The predicted octanol–water partition coefficient (Wildman–Crippen LogP) is 3.42. The maximum Gasteiger partial charge on any atom is 0.505 e. The predicted molar refractivity (Wildman–Crippen MR) is 95.9 cm³/mol. The Kier molecular flexibility index (Phi) is 7.46. The Morgan fingerprint density at radius 1 is 0.958 bits per heavy atom. The first kappa shape index (κ1) is 20.1. The molecule has 0 heterocycles. The molecule has 2 aliphatic carbocycles. The van der Waals surface area contributed by atoms with Crippen LogP contribution in [0.5, 0.6) is 0 Å². The van der Waals surface area contributed by atoms with Crippen LogP contribution in [0.3, 0.4) is 0 Å². The van der Waals surface area contributed by atoms with Crippen LogP contribution in [0.4, 0.5) is 0 Å². The van der Waals surface area contributed by atoms with E-state index in [9.17, 15) is 0 Å². The fourth-order valence-corrected chi connectivity index (χ4v) is 7.78. The van der Waals surface area contributed by atoms with Crippen LogP contribution in [0.1, 0.15) is 40.5 Å². The summed E-state index contributed by atoms with van der Waals surface area (Å²) in [6.07, 6.45) is 6.56. The number of allylic oxidation sites excluding steroid dienone is 2. The maximum absolute atomic E-state index is 6.67. The smallest absolute Gasteiger partial charge is 0.379 e. The average molecular weight is 359 g/mol. The molecular weight excluding hydrogens is 324 g/mol. The molecule has 1 fully saturated rings. The van der Waals surface area contributed by atoms with E-state index in [4.69, 9.17) is 22.8 Å². The van der Waals surface area contributed by atoms with Crippen molar-refractivity contribution >= 4 is 8.80 Å². The van der Waals surface area contributed by atoms with E-state index in [-0.39, 0.29) is 18.3 Å². The second-order valence-electron chi connectivity index (χ2n) is 6.82. The molecule has 0 aromatic heterocycles. The monoisotopic (exact) mass is 358 g/mol. The second-order valence-corrected chi connectivity index (χ2v) is 9.58. The zero-order valence-corrected chi connectivity index (χ0v) is 17.0. The highest BCUT2D eigenvalue weighted by Gasteiger charge is 2.58. The molecule has 140 valence electrons. The van der Waals surface area contributed by atoms with Gasteiger partial charge in [-0.25, -0.2) is 0 Å². The summed E-state index contributed by atoms with van der Waals surface area (Å²) < 4.78 is 30.3. The molecule has 0 radical (unpaired) electrons. The van der Waals surface area contributed by atoms with Crippen molar-refractivity contribution in [3.8, 4) is 0 Å². The van der Waals surface area contributed by atoms with Crippen LogP contribution in [0, 0.1) is 11.8 Å². The highest BCUT2D eigenvalue weighted by atomic mass is 28.4. The second kappa shape index (κ2) is 8.92. The standard InChI is InChI=1S/C18H34O5Si/c1-7-21-24(22-8-2,17-12-15-9-10-16(17)11-15)23-18(13(3)19-5)14(4)20-6/h9-10,13-18H,7-8,11-12H2,1-6H3/t13-,14+,15?,16?,17?,18-. The largest absolute Gasteiger partial charge is 0.505 e. The molecule has 5 nitrogen and oxygen atoms in total. The minimum atomic E-state index is -2.85. The first-order valence-corrected chi connectivity index (χ1v) is 11.0. The lowest BCUT2D eigenvalue weighted by Gasteiger charge is -2.41. The van der Waals surface area contributed by atoms with Gasteiger partial charge >= 0.3 is 8.80 Å². The minimum absolute atomic E-state index is 0.0955. The lowest BCUT2D eigenvalue weighted by Crippen LogP contribution is -2.57. The van der Waals surface area contributed by atoms with Crippen LogP contribution >= 0.6 is 0 Å². The molecule has 0 aliphatic heterocycles. The molecule has 2 aliphatic rings. The summed E-state index contributed by atoms with van der Waals surface area (Å²) in [6, 6.07) is 0. The highest BCUT2D eigenvalue weighted by molar-refractivity contribution is 6.62. The Hall–Kier alpha value is -0.243. The molecule has 0 saturated heterocycles. The van der Waals surface area contributed by atoms with Gasteiger partial charge in [-0.3, -0.25) is 0 Å². The third-order valence-corrected chi connectivity index (χ3v) is 8.95. The molecule has 3 unspecified atom stereocenters. The van der Waals surface area contributed by atoms with E-state index in [2.05, 4.69) is 12.2 Å². The van der Waals surface area contributed by atoms with Crippen LogP contribution in [-0.2, 0) is 22.8 Å². The summed E-state index contributed by atoms with van der Waals surface area (Å²) in [7, 11) is 0.557. The van der Waals surface area contributed by atoms with Crippen LogP contribution < -0.4 is 0 Å². The molecule has 6 atom stereocenters.